The molecular weight excluding hydrogens is 239 g/mol. The molecule has 0 bridgehead atoms. The van der Waals surface area contributed by atoms with Crippen LogP contribution in [0.5, 0.6) is 0 Å². The van der Waals surface area contributed by atoms with Gasteiger partial charge in [0.05, 0.1) is 5.56 Å². The molecular formula is C14H12F3N. The Labute approximate surface area is 103 Å². The quantitative estimate of drug-likeness (QED) is 0.786. The van der Waals surface area contributed by atoms with Gasteiger partial charge in [-0.3, -0.25) is 4.98 Å². The molecule has 94 valence electrons. The first kappa shape index (κ1) is 12.6. The number of pyridine rings is 1. The standard InChI is InChI=1S/C14H12F3N/c1-10-5-6-18-13(7-10)9-11-3-2-4-12(8-11)14(15,16)17/h2-8H,9H2,1H3. The van der Waals surface area contributed by atoms with Gasteiger partial charge < -0.3 is 0 Å². The molecule has 0 aliphatic rings. The highest BCUT2D eigenvalue weighted by Crippen LogP contribution is 2.29. The third-order valence-corrected chi connectivity index (χ3v) is 2.61. The monoisotopic (exact) mass is 251 g/mol. The zero-order chi connectivity index (χ0) is 13.2. The third-order valence-electron chi connectivity index (χ3n) is 2.61. The predicted octanol–water partition coefficient (Wildman–Crippen LogP) is 4.00. The zero-order valence-electron chi connectivity index (χ0n) is 9.83. The number of aryl methyl sites for hydroxylation is 1. The second-order valence-electron chi connectivity index (χ2n) is 4.20. The molecule has 0 radical (unpaired) electrons. The van der Waals surface area contributed by atoms with Crippen LogP contribution in [0, 0.1) is 6.92 Å². The van der Waals surface area contributed by atoms with E-state index in [1.807, 2.05) is 19.1 Å². The van der Waals surface area contributed by atoms with E-state index in [4.69, 9.17) is 0 Å². The van der Waals surface area contributed by atoms with Gasteiger partial charge in [-0.2, -0.15) is 13.2 Å². The second kappa shape index (κ2) is 4.80. The van der Waals surface area contributed by atoms with Gasteiger partial charge in [-0.1, -0.05) is 18.2 Å². The molecule has 1 aromatic carbocycles. The van der Waals surface area contributed by atoms with Crippen molar-refractivity contribution < 1.29 is 13.2 Å². The van der Waals surface area contributed by atoms with E-state index in [9.17, 15) is 13.2 Å². The van der Waals surface area contributed by atoms with Crippen LogP contribution in [-0.4, -0.2) is 4.98 Å². The smallest absolute Gasteiger partial charge is 0.261 e. The van der Waals surface area contributed by atoms with Gasteiger partial charge in [0.25, 0.3) is 0 Å². The van der Waals surface area contributed by atoms with Crippen molar-refractivity contribution in [2.45, 2.75) is 19.5 Å². The van der Waals surface area contributed by atoms with Crippen molar-refractivity contribution in [2.24, 2.45) is 0 Å². The average molecular weight is 251 g/mol. The lowest BCUT2D eigenvalue weighted by Crippen LogP contribution is -2.05. The summed E-state index contributed by atoms with van der Waals surface area (Å²) < 4.78 is 37.7. The number of benzene rings is 1. The number of aromatic nitrogens is 1. The van der Waals surface area contributed by atoms with Crippen LogP contribution in [0.4, 0.5) is 13.2 Å². The van der Waals surface area contributed by atoms with Gasteiger partial charge in [-0.15, -0.1) is 0 Å². The van der Waals surface area contributed by atoms with E-state index in [1.165, 1.54) is 12.1 Å². The van der Waals surface area contributed by atoms with E-state index >= 15 is 0 Å². The lowest BCUT2D eigenvalue weighted by molar-refractivity contribution is -0.137. The van der Waals surface area contributed by atoms with E-state index in [1.54, 1.807) is 12.3 Å². The van der Waals surface area contributed by atoms with E-state index in [2.05, 4.69) is 4.98 Å². The molecule has 2 aromatic rings. The highest BCUT2D eigenvalue weighted by Gasteiger charge is 2.30. The molecule has 0 N–H and O–H groups in total. The molecule has 1 nitrogen and oxygen atoms in total. The zero-order valence-corrected chi connectivity index (χ0v) is 9.83. The molecule has 18 heavy (non-hydrogen) atoms. The van der Waals surface area contributed by atoms with E-state index < -0.39 is 11.7 Å². The fourth-order valence-corrected chi connectivity index (χ4v) is 1.76. The predicted molar refractivity (Wildman–Crippen MR) is 63.2 cm³/mol. The third kappa shape index (κ3) is 3.09. The maximum atomic E-state index is 12.6. The number of hydrogen-bond donors (Lipinski definition) is 0. The van der Waals surface area contributed by atoms with Crippen LogP contribution in [0.2, 0.25) is 0 Å². The molecule has 0 saturated carbocycles. The van der Waals surface area contributed by atoms with E-state index in [-0.39, 0.29) is 0 Å². The Morgan fingerprint density at radius 2 is 1.89 bits per heavy atom. The fourth-order valence-electron chi connectivity index (χ4n) is 1.76. The van der Waals surface area contributed by atoms with E-state index in [0.717, 1.165) is 17.3 Å². The number of halogens is 3. The molecule has 0 unspecified atom stereocenters. The molecule has 2 rings (SSSR count). The lowest BCUT2D eigenvalue weighted by atomic mass is 10.1. The Morgan fingerprint density at radius 1 is 1.11 bits per heavy atom. The molecule has 4 heteroatoms. The summed E-state index contributed by atoms with van der Waals surface area (Å²) in [6.45, 7) is 1.93. The summed E-state index contributed by atoms with van der Waals surface area (Å²) in [5, 5.41) is 0. The van der Waals surface area contributed by atoms with Crippen LogP contribution in [-0.2, 0) is 12.6 Å². The van der Waals surface area contributed by atoms with Crippen molar-refractivity contribution in [3.8, 4) is 0 Å². The fraction of sp³-hybridized carbons (Fsp3) is 0.214. The summed E-state index contributed by atoms with van der Waals surface area (Å²) in [6.07, 6.45) is -2.22. The minimum absolute atomic E-state index is 0.408. The SMILES string of the molecule is Cc1ccnc(Cc2cccc(C(F)(F)F)c2)c1. The number of hydrogen-bond acceptors (Lipinski definition) is 1. The summed E-state index contributed by atoms with van der Waals surface area (Å²) in [6, 6.07) is 9.08. The second-order valence-corrected chi connectivity index (χ2v) is 4.20. The molecule has 0 aliphatic carbocycles. The Hall–Kier alpha value is -1.84. The molecule has 0 fully saturated rings. The summed E-state index contributed by atoms with van der Waals surface area (Å²) in [4.78, 5) is 4.15. The lowest BCUT2D eigenvalue weighted by Gasteiger charge is -2.08. The van der Waals surface area contributed by atoms with Crippen LogP contribution in [0.1, 0.15) is 22.4 Å². The topological polar surface area (TPSA) is 12.9 Å². The number of rotatable bonds is 2. The van der Waals surface area contributed by atoms with Gasteiger partial charge in [0, 0.05) is 18.3 Å². The maximum Gasteiger partial charge on any atom is 0.416 e. The van der Waals surface area contributed by atoms with Gasteiger partial charge in [-0.25, -0.2) is 0 Å². The summed E-state index contributed by atoms with van der Waals surface area (Å²) >= 11 is 0. The first-order chi connectivity index (χ1) is 8.45. The highest BCUT2D eigenvalue weighted by atomic mass is 19.4. The normalized spacial score (nSPS) is 11.6. The van der Waals surface area contributed by atoms with Gasteiger partial charge in [-0.05, 0) is 36.2 Å². The largest absolute Gasteiger partial charge is 0.416 e. The van der Waals surface area contributed by atoms with Crippen molar-refractivity contribution in [1.29, 1.82) is 0 Å². The van der Waals surface area contributed by atoms with Crippen molar-refractivity contribution in [3.05, 3.63) is 65.0 Å². The number of alkyl halides is 3. The molecule has 0 aliphatic heterocycles. The van der Waals surface area contributed by atoms with Gasteiger partial charge in [0.2, 0.25) is 0 Å². The minimum atomic E-state index is -4.30. The van der Waals surface area contributed by atoms with Crippen molar-refractivity contribution >= 4 is 0 Å². The van der Waals surface area contributed by atoms with E-state index in [0.29, 0.717) is 12.0 Å². The molecule has 0 spiro atoms. The first-order valence-electron chi connectivity index (χ1n) is 5.53. The summed E-state index contributed by atoms with van der Waals surface area (Å²) in [7, 11) is 0. The molecule has 0 amide bonds. The van der Waals surface area contributed by atoms with Crippen molar-refractivity contribution in [3.63, 3.8) is 0 Å². The van der Waals surface area contributed by atoms with Crippen LogP contribution < -0.4 is 0 Å². The Morgan fingerprint density at radius 3 is 2.56 bits per heavy atom. The molecule has 1 heterocycles. The first-order valence-corrected chi connectivity index (χ1v) is 5.53. The minimum Gasteiger partial charge on any atom is -0.261 e. The van der Waals surface area contributed by atoms with Crippen molar-refractivity contribution in [2.75, 3.05) is 0 Å². The van der Waals surface area contributed by atoms with Gasteiger partial charge >= 0.3 is 6.18 Å². The Kier molecular flexibility index (Phi) is 3.36. The van der Waals surface area contributed by atoms with Gasteiger partial charge in [0.1, 0.15) is 0 Å². The van der Waals surface area contributed by atoms with Crippen LogP contribution in [0.25, 0.3) is 0 Å². The molecule has 0 atom stereocenters. The van der Waals surface area contributed by atoms with Crippen LogP contribution >= 0.6 is 0 Å². The van der Waals surface area contributed by atoms with Crippen LogP contribution in [0.3, 0.4) is 0 Å². The molecule has 0 saturated heterocycles. The highest BCUT2D eigenvalue weighted by molar-refractivity contribution is 5.29. The van der Waals surface area contributed by atoms with Crippen molar-refractivity contribution in [1.82, 2.24) is 4.98 Å². The summed E-state index contributed by atoms with van der Waals surface area (Å²) in [5.41, 5.74) is 1.82. The molecule has 1 aromatic heterocycles. The average Bonchev–Trinajstić information content (AvgIpc) is 2.28. The Bertz CT molecular complexity index is 547. The van der Waals surface area contributed by atoms with Gasteiger partial charge in [0.15, 0.2) is 0 Å². The maximum absolute atomic E-state index is 12.6. The Balaban J connectivity index is 2.25. The summed E-state index contributed by atoms with van der Waals surface area (Å²) in [5.74, 6) is 0. The van der Waals surface area contributed by atoms with Crippen LogP contribution in [0.15, 0.2) is 42.6 Å². The number of nitrogens with zero attached hydrogens (tertiary/aromatic N) is 1.